The maximum atomic E-state index is 11.5. The molecule has 0 aromatic carbocycles. The van der Waals surface area contributed by atoms with Gasteiger partial charge in [-0.25, -0.2) is 4.98 Å². The lowest BCUT2D eigenvalue weighted by Crippen LogP contribution is -2.11. The highest BCUT2D eigenvalue weighted by Gasteiger charge is 2.08. The topological polar surface area (TPSA) is 55.1 Å². The molecule has 84 valence electrons. The average molecular weight is 239 g/mol. The predicted molar refractivity (Wildman–Crippen MR) is 62.9 cm³/mol. The molecule has 0 saturated heterocycles. The number of nitrogens with one attached hydrogen (secondary N) is 1. The van der Waals surface area contributed by atoms with Crippen LogP contribution in [0.2, 0.25) is 0 Å². The summed E-state index contributed by atoms with van der Waals surface area (Å²) in [5, 5.41) is 2.64. The van der Waals surface area contributed by atoms with Crippen molar-refractivity contribution in [3.8, 4) is 0 Å². The molecule has 0 saturated carbocycles. The number of carbonyl (C=O) groups is 1. The van der Waals surface area contributed by atoms with Gasteiger partial charge in [0.05, 0.1) is 6.26 Å². The van der Waals surface area contributed by atoms with Gasteiger partial charge in [-0.2, -0.15) is 0 Å². The van der Waals surface area contributed by atoms with Crippen LogP contribution in [0.3, 0.4) is 0 Å². The van der Waals surface area contributed by atoms with Crippen molar-refractivity contribution >= 4 is 24.1 Å². The number of halogens is 1. The number of hydrogen-bond acceptors (Lipinski definition) is 3. The van der Waals surface area contributed by atoms with E-state index in [2.05, 4.69) is 10.3 Å². The van der Waals surface area contributed by atoms with E-state index in [1.165, 1.54) is 6.26 Å². The molecular formula is C11H11ClN2O2. The Kier molecular flexibility index (Phi) is 4.08. The molecule has 16 heavy (non-hydrogen) atoms. The molecule has 0 aliphatic heterocycles. The average Bonchev–Trinajstić information content (AvgIpc) is 2.70. The van der Waals surface area contributed by atoms with Gasteiger partial charge in [-0.3, -0.25) is 4.79 Å². The van der Waals surface area contributed by atoms with E-state index in [4.69, 9.17) is 4.42 Å². The summed E-state index contributed by atoms with van der Waals surface area (Å²) in [7, 11) is 0. The van der Waals surface area contributed by atoms with Crippen LogP contribution >= 0.6 is 12.4 Å². The Hall–Kier alpha value is -1.81. The second-order valence-electron chi connectivity index (χ2n) is 3.15. The normalized spacial score (nSPS) is 9.31. The number of pyridine rings is 1. The van der Waals surface area contributed by atoms with Crippen LogP contribution in [0.4, 0.5) is 5.82 Å². The monoisotopic (exact) mass is 238 g/mol. The van der Waals surface area contributed by atoms with Gasteiger partial charge in [0.1, 0.15) is 5.82 Å². The van der Waals surface area contributed by atoms with E-state index in [9.17, 15) is 4.79 Å². The van der Waals surface area contributed by atoms with Crippen LogP contribution in [-0.4, -0.2) is 10.9 Å². The molecule has 0 spiro atoms. The first kappa shape index (κ1) is 12.3. The minimum absolute atomic E-state index is 0. The van der Waals surface area contributed by atoms with E-state index in [-0.39, 0.29) is 24.1 Å². The van der Waals surface area contributed by atoms with Gasteiger partial charge < -0.3 is 9.73 Å². The fourth-order valence-electron chi connectivity index (χ4n) is 1.19. The summed E-state index contributed by atoms with van der Waals surface area (Å²) in [6.45, 7) is 1.93. The number of carbonyl (C=O) groups excluding carboxylic acids is 1. The van der Waals surface area contributed by atoms with Crippen molar-refractivity contribution in [2.45, 2.75) is 6.92 Å². The molecule has 0 radical (unpaired) electrons. The number of anilines is 1. The van der Waals surface area contributed by atoms with Crippen LogP contribution in [-0.2, 0) is 0 Å². The Bertz CT molecular complexity index is 469. The summed E-state index contributed by atoms with van der Waals surface area (Å²) in [4.78, 5) is 15.6. The van der Waals surface area contributed by atoms with E-state index >= 15 is 0 Å². The quantitative estimate of drug-likeness (QED) is 0.875. The first-order chi connectivity index (χ1) is 7.25. The summed E-state index contributed by atoms with van der Waals surface area (Å²) < 4.78 is 4.96. The van der Waals surface area contributed by atoms with Crippen LogP contribution < -0.4 is 5.32 Å². The van der Waals surface area contributed by atoms with Crippen LogP contribution in [0.5, 0.6) is 0 Å². The Morgan fingerprint density at radius 2 is 2.25 bits per heavy atom. The Balaban J connectivity index is 0.00000128. The van der Waals surface area contributed by atoms with E-state index < -0.39 is 0 Å². The van der Waals surface area contributed by atoms with Crippen molar-refractivity contribution in [1.82, 2.24) is 4.98 Å². The maximum absolute atomic E-state index is 11.5. The number of hydrogen-bond donors (Lipinski definition) is 1. The van der Waals surface area contributed by atoms with Crippen molar-refractivity contribution in [2.75, 3.05) is 5.32 Å². The summed E-state index contributed by atoms with van der Waals surface area (Å²) in [6.07, 6.45) is 3.10. The van der Waals surface area contributed by atoms with E-state index in [0.717, 1.165) is 5.56 Å². The summed E-state index contributed by atoms with van der Waals surface area (Å²) in [5.74, 6) is 0.507. The van der Waals surface area contributed by atoms with Gasteiger partial charge in [-0.05, 0) is 36.8 Å². The fraction of sp³-hybridized carbons (Fsp3) is 0.0909. The molecule has 2 aromatic rings. The molecule has 0 unspecified atom stereocenters. The highest BCUT2D eigenvalue weighted by atomic mass is 35.5. The summed E-state index contributed by atoms with van der Waals surface area (Å²) in [5.41, 5.74) is 1.04. The zero-order chi connectivity index (χ0) is 10.7. The van der Waals surface area contributed by atoms with Crippen LogP contribution in [0.25, 0.3) is 0 Å². The van der Waals surface area contributed by atoms with Gasteiger partial charge in [0.15, 0.2) is 5.76 Å². The van der Waals surface area contributed by atoms with Crippen LogP contribution in [0, 0.1) is 6.92 Å². The molecule has 2 aromatic heterocycles. The molecule has 0 aliphatic carbocycles. The number of aromatic nitrogens is 1. The minimum atomic E-state index is -0.293. The maximum Gasteiger partial charge on any atom is 0.292 e. The molecule has 0 atom stereocenters. The van der Waals surface area contributed by atoms with Gasteiger partial charge in [0.2, 0.25) is 0 Å². The summed E-state index contributed by atoms with van der Waals surface area (Å²) >= 11 is 0. The fourth-order valence-corrected chi connectivity index (χ4v) is 1.19. The largest absolute Gasteiger partial charge is 0.459 e. The smallest absolute Gasteiger partial charge is 0.292 e. The molecule has 0 fully saturated rings. The van der Waals surface area contributed by atoms with Gasteiger partial charge >= 0.3 is 0 Å². The van der Waals surface area contributed by atoms with E-state index in [1.54, 1.807) is 24.4 Å². The van der Waals surface area contributed by atoms with Crippen molar-refractivity contribution in [3.05, 3.63) is 48.0 Å². The number of aryl methyl sites for hydroxylation is 1. The first-order valence-corrected chi connectivity index (χ1v) is 4.53. The predicted octanol–water partition coefficient (Wildman–Crippen LogP) is 2.66. The van der Waals surface area contributed by atoms with Gasteiger partial charge in [0.25, 0.3) is 5.91 Å². The van der Waals surface area contributed by atoms with Crippen molar-refractivity contribution < 1.29 is 9.21 Å². The zero-order valence-electron chi connectivity index (χ0n) is 8.64. The molecule has 1 N–H and O–H groups in total. The Morgan fingerprint density at radius 1 is 1.44 bits per heavy atom. The Labute approximate surface area is 99.1 Å². The van der Waals surface area contributed by atoms with Crippen molar-refractivity contribution in [3.63, 3.8) is 0 Å². The lowest BCUT2D eigenvalue weighted by molar-refractivity contribution is 0.0996. The van der Waals surface area contributed by atoms with E-state index in [1.807, 2.05) is 13.0 Å². The van der Waals surface area contributed by atoms with Crippen LogP contribution in [0.15, 0.2) is 41.1 Å². The molecule has 1 amide bonds. The molecule has 0 aliphatic rings. The standard InChI is InChI=1S/C11H10N2O2.ClH/c1-8-4-5-12-10(7-8)13-11(14)9-3-2-6-15-9;/h2-7H,1H3,(H,12,13,14);1H. The zero-order valence-corrected chi connectivity index (χ0v) is 9.45. The van der Waals surface area contributed by atoms with Gasteiger partial charge in [0, 0.05) is 6.20 Å². The highest BCUT2D eigenvalue weighted by Crippen LogP contribution is 2.08. The lowest BCUT2D eigenvalue weighted by atomic mass is 10.3. The first-order valence-electron chi connectivity index (χ1n) is 4.53. The molecule has 4 nitrogen and oxygen atoms in total. The number of amides is 1. The molecule has 2 rings (SSSR count). The van der Waals surface area contributed by atoms with E-state index in [0.29, 0.717) is 5.82 Å². The van der Waals surface area contributed by atoms with Crippen molar-refractivity contribution in [1.29, 1.82) is 0 Å². The summed E-state index contributed by atoms with van der Waals surface area (Å²) in [6, 6.07) is 6.92. The third-order valence-electron chi connectivity index (χ3n) is 1.90. The Morgan fingerprint density at radius 3 is 2.88 bits per heavy atom. The second kappa shape index (κ2) is 5.32. The van der Waals surface area contributed by atoms with Crippen molar-refractivity contribution in [2.24, 2.45) is 0 Å². The third-order valence-corrected chi connectivity index (χ3v) is 1.90. The highest BCUT2D eigenvalue weighted by molar-refractivity contribution is 6.01. The number of rotatable bonds is 2. The van der Waals surface area contributed by atoms with Gasteiger partial charge in [-0.15, -0.1) is 12.4 Å². The number of nitrogens with zero attached hydrogens (tertiary/aromatic N) is 1. The lowest BCUT2D eigenvalue weighted by Gasteiger charge is -2.02. The molecule has 0 bridgehead atoms. The molecule has 5 heteroatoms. The molecule has 2 heterocycles. The van der Waals surface area contributed by atoms with Crippen LogP contribution in [0.1, 0.15) is 16.1 Å². The second-order valence-corrected chi connectivity index (χ2v) is 3.15. The minimum Gasteiger partial charge on any atom is -0.459 e. The molecular weight excluding hydrogens is 228 g/mol. The van der Waals surface area contributed by atoms with Gasteiger partial charge in [-0.1, -0.05) is 0 Å². The third kappa shape index (κ3) is 2.84. The SMILES string of the molecule is Cc1ccnc(NC(=O)c2ccco2)c1.Cl. The number of furan rings is 1.